The van der Waals surface area contributed by atoms with Crippen molar-refractivity contribution in [2.24, 2.45) is 0 Å². The van der Waals surface area contributed by atoms with Crippen molar-refractivity contribution in [3.8, 4) is 0 Å². The summed E-state index contributed by atoms with van der Waals surface area (Å²) in [5, 5.41) is 11.1. The lowest BCUT2D eigenvalue weighted by molar-refractivity contribution is 0.228. The molecule has 2 aliphatic carbocycles. The molecule has 4 rings (SSSR count). The molecule has 2 aromatic rings. The van der Waals surface area contributed by atoms with Crippen LogP contribution < -0.4 is 10.6 Å². The molecule has 0 saturated heterocycles. The van der Waals surface area contributed by atoms with Crippen molar-refractivity contribution in [1.82, 2.24) is 20.4 Å². The lowest BCUT2D eigenvalue weighted by Crippen LogP contribution is -2.44. The van der Waals surface area contributed by atoms with Crippen molar-refractivity contribution in [1.29, 1.82) is 0 Å². The quantitative estimate of drug-likeness (QED) is 0.806. The van der Waals surface area contributed by atoms with Crippen LogP contribution in [-0.4, -0.2) is 21.9 Å². The Morgan fingerprint density at radius 1 is 0.964 bits per heavy atom. The molecule has 2 aliphatic rings. The van der Waals surface area contributed by atoms with Crippen LogP contribution in [0.2, 0.25) is 0 Å². The summed E-state index contributed by atoms with van der Waals surface area (Å²) >= 11 is 0. The molecule has 0 radical (unpaired) electrons. The summed E-state index contributed by atoms with van der Waals surface area (Å²) in [4.78, 5) is 12.6. The van der Waals surface area contributed by atoms with Gasteiger partial charge < -0.3 is 10.6 Å². The van der Waals surface area contributed by atoms with Crippen molar-refractivity contribution in [2.45, 2.75) is 82.8 Å². The monoisotopic (exact) mass is 380 g/mol. The first-order chi connectivity index (χ1) is 13.8. The van der Waals surface area contributed by atoms with Gasteiger partial charge in [-0.25, -0.2) is 4.79 Å². The normalized spacial score (nSPS) is 20.6. The maximum absolute atomic E-state index is 12.6. The van der Waals surface area contributed by atoms with Crippen LogP contribution in [0.5, 0.6) is 0 Å². The first-order valence-electron chi connectivity index (χ1n) is 10.9. The summed E-state index contributed by atoms with van der Waals surface area (Å²) in [6.07, 6.45) is 13.7. The Balaban J connectivity index is 1.38. The van der Waals surface area contributed by atoms with Gasteiger partial charge in [0.05, 0.1) is 18.8 Å². The average molecular weight is 381 g/mol. The number of carbonyl (C=O) groups is 1. The summed E-state index contributed by atoms with van der Waals surface area (Å²) in [6, 6.07) is 10.8. The molecular formula is C23H32N4O. The molecule has 2 amide bonds. The second-order valence-electron chi connectivity index (χ2n) is 8.29. The van der Waals surface area contributed by atoms with Gasteiger partial charge in [0.15, 0.2) is 0 Å². The van der Waals surface area contributed by atoms with Crippen molar-refractivity contribution in [2.75, 3.05) is 0 Å². The third-order valence-electron chi connectivity index (χ3n) is 6.18. The second-order valence-corrected chi connectivity index (χ2v) is 8.29. The Morgan fingerprint density at radius 2 is 1.71 bits per heavy atom. The number of hydrogen-bond donors (Lipinski definition) is 2. The van der Waals surface area contributed by atoms with Gasteiger partial charge in [-0.1, -0.05) is 62.4 Å². The largest absolute Gasteiger partial charge is 0.335 e. The van der Waals surface area contributed by atoms with Crippen LogP contribution in [0.3, 0.4) is 0 Å². The maximum atomic E-state index is 12.6. The highest BCUT2D eigenvalue weighted by atomic mass is 16.2. The standard InChI is InChI=1S/C23H32N4O/c28-23(25-19-12-7-2-1-3-8-13-19)26-21-14-9-15-22-20(21)16-24-27(22)17-18-10-5-4-6-11-18/h4-6,10-11,16,19,21H,1-3,7-9,12-15,17H2,(H2,25,26,28). The smallest absolute Gasteiger partial charge is 0.315 e. The predicted octanol–water partition coefficient (Wildman–Crippen LogP) is 4.72. The van der Waals surface area contributed by atoms with Gasteiger partial charge in [-0.15, -0.1) is 0 Å². The van der Waals surface area contributed by atoms with Gasteiger partial charge in [-0.05, 0) is 37.7 Å². The second kappa shape index (κ2) is 9.26. The molecule has 5 nitrogen and oxygen atoms in total. The summed E-state index contributed by atoms with van der Waals surface area (Å²) in [5.41, 5.74) is 3.71. The van der Waals surface area contributed by atoms with E-state index in [0.717, 1.165) is 38.6 Å². The molecule has 1 unspecified atom stereocenters. The van der Waals surface area contributed by atoms with Crippen LogP contribution in [0, 0.1) is 0 Å². The Bertz CT molecular complexity index is 762. The van der Waals surface area contributed by atoms with Crippen LogP contribution in [-0.2, 0) is 13.0 Å². The van der Waals surface area contributed by atoms with E-state index >= 15 is 0 Å². The van der Waals surface area contributed by atoms with E-state index in [2.05, 4.69) is 44.7 Å². The van der Waals surface area contributed by atoms with Crippen LogP contribution in [0.25, 0.3) is 0 Å². The Kier molecular flexibility index (Phi) is 6.30. The molecule has 1 aromatic carbocycles. The number of rotatable bonds is 4. The first kappa shape index (κ1) is 19.0. The molecule has 2 N–H and O–H groups in total. The Hall–Kier alpha value is -2.30. The topological polar surface area (TPSA) is 59.0 Å². The van der Waals surface area contributed by atoms with Crippen LogP contribution in [0.1, 0.15) is 80.7 Å². The van der Waals surface area contributed by atoms with E-state index < -0.39 is 0 Å². The summed E-state index contributed by atoms with van der Waals surface area (Å²) in [6.45, 7) is 0.789. The molecule has 150 valence electrons. The van der Waals surface area contributed by atoms with Gasteiger partial charge >= 0.3 is 6.03 Å². The zero-order chi connectivity index (χ0) is 19.2. The molecule has 1 fully saturated rings. The maximum Gasteiger partial charge on any atom is 0.315 e. The van der Waals surface area contributed by atoms with Gasteiger partial charge in [0.25, 0.3) is 0 Å². The van der Waals surface area contributed by atoms with Crippen LogP contribution >= 0.6 is 0 Å². The number of benzene rings is 1. The zero-order valence-electron chi connectivity index (χ0n) is 16.7. The lowest BCUT2D eigenvalue weighted by atomic mass is 9.93. The molecule has 28 heavy (non-hydrogen) atoms. The van der Waals surface area contributed by atoms with Gasteiger partial charge in [0.1, 0.15) is 0 Å². The average Bonchev–Trinajstić information content (AvgIpc) is 3.09. The zero-order valence-corrected chi connectivity index (χ0v) is 16.7. The number of fused-ring (bicyclic) bond motifs is 1. The van der Waals surface area contributed by atoms with Crippen molar-refractivity contribution in [3.05, 3.63) is 53.3 Å². The fourth-order valence-electron chi connectivity index (χ4n) is 4.65. The number of hydrogen-bond acceptors (Lipinski definition) is 2. The first-order valence-corrected chi connectivity index (χ1v) is 10.9. The number of nitrogens with zero attached hydrogens (tertiary/aromatic N) is 2. The predicted molar refractivity (Wildman–Crippen MR) is 111 cm³/mol. The fourth-order valence-corrected chi connectivity index (χ4v) is 4.65. The third-order valence-corrected chi connectivity index (χ3v) is 6.18. The van der Waals surface area contributed by atoms with Gasteiger partial charge in [0, 0.05) is 17.3 Å². The van der Waals surface area contributed by atoms with E-state index in [1.165, 1.54) is 48.9 Å². The number of aromatic nitrogens is 2. The highest BCUT2D eigenvalue weighted by molar-refractivity contribution is 5.74. The number of urea groups is 1. The van der Waals surface area contributed by atoms with E-state index in [1.54, 1.807) is 0 Å². The van der Waals surface area contributed by atoms with Crippen LogP contribution in [0.15, 0.2) is 36.5 Å². The minimum Gasteiger partial charge on any atom is -0.335 e. The van der Waals surface area contributed by atoms with E-state index in [-0.39, 0.29) is 12.1 Å². The minimum atomic E-state index is -0.0146. The molecule has 1 saturated carbocycles. The Morgan fingerprint density at radius 3 is 2.50 bits per heavy atom. The Labute approximate surface area is 167 Å². The fraction of sp³-hybridized carbons (Fsp3) is 0.565. The number of nitrogens with one attached hydrogen (secondary N) is 2. The van der Waals surface area contributed by atoms with Crippen molar-refractivity contribution < 1.29 is 4.79 Å². The summed E-state index contributed by atoms with van der Waals surface area (Å²) in [5.74, 6) is 0. The van der Waals surface area contributed by atoms with Crippen molar-refractivity contribution in [3.63, 3.8) is 0 Å². The molecule has 1 atom stereocenters. The van der Waals surface area contributed by atoms with Gasteiger partial charge in [-0.2, -0.15) is 5.10 Å². The highest BCUT2D eigenvalue weighted by Crippen LogP contribution is 2.30. The van der Waals surface area contributed by atoms with Gasteiger partial charge in [-0.3, -0.25) is 4.68 Å². The van der Waals surface area contributed by atoms with E-state index in [9.17, 15) is 4.79 Å². The van der Waals surface area contributed by atoms with E-state index in [1.807, 2.05) is 12.3 Å². The molecule has 0 aliphatic heterocycles. The molecule has 1 aromatic heterocycles. The molecular weight excluding hydrogens is 348 g/mol. The van der Waals surface area contributed by atoms with E-state index in [0.29, 0.717) is 6.04 Å². The molecule has 5 heteroatoms. The summed E-state index contributed by atoms with van der Waals surface area (Å²) in [7, 11) is 0. The van der Waals surface area contributed by atoms with E-state index in [4.69, 9.17) is 0 Å². The third kappa shape index (κ3) is 4.75. The van der Waals surface area contributed by atoms with Gasteiger partial charge in [0.2, 0.25) is 0 Å². The minimum absolute atomic E-state index is 0.0146. The lowest BCUT2D eigenvalue weighted by Gasteiger charge is -2.26. The highest BCUT2D eigenvalue weighted by Gasteiger charge is 2.26. The van der Waals surface area contributed by atoms with Crippen molar-refractivity contribution >= 4 is 6.03 Å². The molecule has 1 heterocycles. The van der Waals surface area contributed by atoms with Crippen LogP contribution in [0.4, 0.5) is 4.79 Å². The number of amides is 2. The SMILES string of the molecule is O=C(NC1CCCCCCC1)NC1CCCc2c1cnn2Cc1ccccc1. The number of carbonyl (C=O) groups excluding carboxylic acids is 1. The molecule has 0 spiro atoms. The molecule has 0 bridgehead atoms. The summed E-state index contributed by atoms with van der Waals surface area (Å²) < 4.78 is 2.10.